The van der Waals surface area contributed by atoms with Crippen LogP contribution in [0.2, 0.25) is 0 Å². The number of nitrogen functional groups attached to an aromatic ring is 1. The molecule has 1 aromatic rings. The van der Waals surface area contributed by atoms with E-state index in [2.05, 4.69) is 4.98 Å². The molecule has 0 amide bonds. The zero-order chi connectivity index (χ0) is 11.8. The minimum Gasteiger partial charge on any atom is -0.397 e. The van der Waals surface area contributed by atoms with E-state index < -0.39 is 29.5 Å². The highest BCUT2D eigenvalue weighted by Crippen LogP contribution is 2.37. The second-order valence-electron chi connectivity index (χ2n) is 2.58. The number of pyridine rings is 1. The summed E-state index contributed by atoms with van der Waals surface area (Å²) in [5, 5.41) is 0. The first kappa shape index (κ1) is 12.4. The van der Waals surface area contributed by atoms with Crippen molar-refractivity contribution >= 4 is 28.3 Å². The Balaban J connectivity index is 3.34. The number of hydrogen-bond donors (Lipinski definition) is 1. The average molecular weight is 338 g/mol. The molecule has 0 spiro atoms. The predicted octanol–water partition coefficient (Wildman–Crippen LogP) is 3.22. The fourth-order valence-corrected chi connectivity index (χ4v) is 1.56. The van der Waals surface area contributed by atoms with Gasteiger partial charge in [0, 0.05) is 6.20 Å². The molecule has 0 aromatic carbocycles. The zero-order valence-corrected chi connectivity index (χ0v) is 9.10. The quantitative estimate of drug-likeness (QED) is 0.631. The van der Waals surface area contributed by atoms with Gasteiger partial charge in [-0.15, -0.1) is 0 Å². The molecule has 1 aromatic heterocycles. The van der Waals surface area contributed by atoms with E-state index in [1.54, 1.807) is 0 Å². The molecular weight excluding hydrogens is 334 g/mol. The molecule has 2 N–H and O–H groups in total. The van der Waals surface area contributed by atoms with Gasteiger partial charge in [0.05, 0.1) is 14.8 Å². The van der Waals surface area contributed by atoms with Crippen molar-refractivity contribution in [2.75, 3.05) is 5.73 Å². The molecule has 8 heteroatoms. The molecule has 0 aliphatic carbocycles. The Hall–Kier alpha value is -0.670. The van der Waals surface area contributed by atoms with E-state index in [-0.39, 0.29) is 3.57 Å². The molecule has 0 aliphatic heterocycles. The molecule has 15 heavy (non-hydrogen) atoms. The lowest BCUT2D eigenvalue weighted by molar-refractivity contribution is -0.137. The highest BCUT2D eigenvalue weighted by molar-refractivity contribution is 14.1. The molecule has 0 radical (unpaired) electrons. The molecule has 0 unspecified atom stereocenters. The van der Waals surface area contributed by atoms with Gasteiger partial charge in [-0.05, 0) is 22.6 Å². The van der Waals surface area contributed by atoms with Crippen LogP contribution in [0, 0.1) is 3.57 Å². The van der Waals surface area contributed by atoms with Gasteiger partial charge in [-0.25, -0.2) is 8.78 Å². The second kappa shape index (κ2) is 4.06. The Bertz CT molecular complexity index is 376. The molecule has 0 saturated heterocycles. The first-order valence-electron chi connectivity index (χ1n) is 3.54. The topological polar surface area (TPSA) is 38.9 Å². The zero-order valence-electron chi connectivity index (χ0n) is 6.95. The number of hydrogen-bond acceptors (Lipinski definition) is 2. The highest BCUT2D eigenvalue weighted by Gasteiger charge is 2.35. The first-order chi connectivity index (χ1) is 6.75. The molecule has 2 nitrogen and oxygen atoms in total. The summed E-state index contributed by atoms with van der Waals surface area (Å²) < 4.78 is 60.9. The van der Waals surface area contributed by atoms with Crippen LogP contribution in [-0.4, -0.2) is 4.98 Å². The summed E-state index contributed by atoms with van der Waals surface area (Å²) in [4.78, 5) is 3.05. The van der Waals surface area contributed by atoms with Crippen LogP contribution in [-0.2, 0) is 6.18 Å². The van der Waals surface area contributed by atoms with E-state index in [0.717, 1.165) is 0 Å². The van der Waals surface area contributed by atoms with Crippen LogP contribution in [0.25, 0.3) is 0 Å². The summed E-state index contributed by atoms with van der Waals surface area (Å²) in [6.07, 6.45) is -7.31. The van der Waals surface area contributed by atoms with Gasteiger partial charge >= 0.3 is 6.18 Å². The van der Waals surface area contributed by atoms with Crippen molar-refractivity contribution in [1.29, 1.82) is 0 Å². The SMILES string of the molecule is Nc1c(C(F)(F)F)cnc(C(F)F)c1I. The van der Waals surface area contributed by atoms with Crippen molar-refractivity contribution in [3.05, 3.63) is 21.0 Å². The molecule has 1 rings (SSSR count). The van der Waals surface area contributed by atoms with Crippen molar-refractivity contribution < 1.29 is 22.0 Å². The van der Waals surface area contributed by atoms with E-state index in [4.69, 9.17) is 5.73 Å². The van der Waals surface area contributed by atoms with Crippen LogP contribution >= 0.6 is 22.6 Å². The molecule has 0 saturated carbocycles. The number of halogens is 6. The van der Waals surface area contributed by atoms with Gasteiger partial charge < -0.3 is 5.73 Å². The Labute approximate surface area is 94.8 Å². The van der Waals surface area contributed by atoms with E-state index in [9.17, 15) is 22.0 Å². The maximum Gasteiger partial charge on any atom is 0.419 e. The molecular formula is C7H4F5IN2. The second-order valence-corrected chi connectivity index (χ2v) is 3.66. The van der Waals surface area contributed by atoms with E-state index in [0.29, 0.717) is 6.20 Å². The minimum atomic E-state index is -4.68. The summed E-state index contributed by atoms with van der Waals surface area (Å²) in [6, 6.07) is 0. The monoisotopic (exact) mass is 338 g/mol. The van der Waals surface area contributed by atoms with Crippen LogP contribution in [0.3, 0.4) is 0 Å². The lowest BCUT2D eigenvalue weighted by Gasteiger charge is -2.12. The summed E-state index contributed by atoms with van der Waals surface area (Å²) in [7, 11) is 0. The van der Waals surface area contributed by atoms with Crippen LogP contribution in [0.1, 0.15) is 17.7 Å². The molecule has 0 aliphatic rings. The number of anilines is 1. The Morgan fingerprint density at radius 3 is 2.27 bits per heavy atom. The Kier molecular flexibility index (Phi) is 3.36. The van der Waals surface area contributed by atoms with E-state index in [1.807, 2.05) is 0 Å². The number of nitrogens with two attached hydrogens (primary N) is 1. The van der Waals surface area contributed by atoms with Gasteiger partial charge in [-0.3, -0.25) is 4.98 Å². The molecule has 0 bridgehead atoms. The number of nitrogens with zero attached hydrogens (tertiary/aromatic N) is 1. The van der Waals surface area contributed by atoms with Gasteiger partial charge in [-0.1, -0.05) is 0 Å². The van der Waals surface area contributed by atoms with Gasteiger partial charge in [0.2, 0.25) is 0 Å². The molecule has 84 valence electrons. The van der Waals surface area contributed by atoms with Crippen molar-refractivity contribution in [1.82, 2.24) is 4.98 Å². The van der Waals surface area contributed by atoms with Gasteiger partial charge in [-0.2, -0.15) is 13.2 Å². The van der Waals surface area contributed by atoms with Gasteiger partial charge in [0.25, 0.3) is 6.43 Å². The smallest absolute Gasteiger partial charge is 0.397 e. The predicted molar refractivity (Wildman–Crippen MR) is 51.3 cm³/mol. The van der Waals surface area contributed by atoms with Crippen molar-refractivity contribution in [2.24, 2.45) is 0 Å². The highest BCUT2D eigenvalue weighted by atomic mass is 127. The van der Waals surface area contributed by atoms with E-state index >= 15 is 0 Å². The largest absolute Gasteiger partial charge is 0.419 e. The minimum absolute atomic E-state index is 0.318. The lowest BCUT2D eigenvalue weighted by Crippen LogP contribution is -2.12. The maximum atomic E-state index is 12.3. The van der Waals surface area contributed by atoms with Crippen LogP contribution < -0.4 is 5.73 Å². The summed E-state index contributed by atoms with van der Waals surface area (Å²) in [6.45, 7) is 0. The lowest BCUT2D eigenvalue weighted by atomic mass is 10.2. The number of rotatable bonds is 1. The standard InChI is InChI=1S/C7H4F5IN2/c8-6(9)5-3(13)4(14)2(1-15-5)7(10,11)12/h1,6H,(H2,14,15). The summed E-state index contributed by atoms with van der Waals surface area (Å²) in [5.74, 6) is 0. The number of alkyl halides is 5. The van der Waals surface area contributed by atoms with Gasteiger partial charge in [0.1, 0.15) is 5.69 Å². The summed E-state index contributed by atoms with van der Waals surface area (Å²) in [5.41, 5.74) is 2.46. The van der Waals surface area contributed by atoms with Crippen molar-refractivity contribution in [3.63, 3.8) is 0 Å². The van der Waals surface area contributed by atoms with Gasteiger partial charge in [0.15, 0.2) is 0 Å². The van der Waals surface area contributed by atoms with Crippen LogP contribution in [0.5, 0.6) is 0 Å². The maximum absolute atomic E-state index is 12.3. The Morgan fingerprint density at radius 2 is 1.87 bits per heavy atom. The number of aromatic nitrogens is 1. The molecule has 0 atom stereocenters. The third-order valence-corrected chi connectivity index (χ3v) is 2.73. The van der Waals surface area contributed by atoms with Crippen molar-refractivity contribution in [2.45, 2.75) is 12.6 Å². The van der Waals surface area contributed by atoms with Crippen LogP contribution in [0.15, 0.2) is 6.20 Å². The average Bonchev–Trinajstić information content (AvgIpc) is 2.06. The fourth-order valence-electron chi connectivity index (χ4n) is 0.895. The molecule has 1 heterocycles. The third kappa shape index (κ3) is 2.47. The van der Waals surface area contributed by atoms with Crippen molar-refractivity contribution in [3.8, 4) is 0 Å². The summed E-state index contributed by atoms with van der Waals surface area (Å²) >= 11 is 1.32. The first-order valence-corrected chi connectivity index (χ1v) is 4.62. The van der Waals surface area contributed by atoms with E-state index in [1.165, 1.54) is 22.6 Å². The third-order valence-electron chi connectivity index (χ3n) is 1.60. The van der Waals surface area contributed by atoms with Crippen LogP contribution in [0.4, 0.5) is 27.6 Å². The normalized spacial score (nSPS) is 12.2. The fraction of sp³-hybridized carbons (Fsp3) is 0.286. The Morgan fingerprint density at radius 1 is 1.33 bits per heavy atom. The molecule has 0 fully saturated rings.